The normalized spacial score (nSPS) is 11.2. The van der Waals surface area contributed by atoms with Crippen LogP contribution in [0.25, 0.3) is 0 Å². The zero-order valence-electron chi connectivity index (χ0n) is 14.2. The van der Waals surface area contributed by atoms with Crippen molar-refractivity contribution in [3.05, 3.63) is 102 Å². The van der Waals surface area contributed by atoms with E-state index in [0.29, 0.717) is 0 Å². The molecule has 24 heavy (non-hydrogen) atoms. The molecule has 0 aromatic heterocycles. The SMILES string of the molecule is CCCCC(Oc1ccccc1)(c1ccccc1)c1ccccc1. The molecule has 122 valence electrons. The van der Waals surface area contributed by atoms with E-state index in [-0.39, 0.29) is 0 Å². The fourth-order valence-electron chi connectivity index (χ4n) is 3.15. The number of unbranched alkanes of at least 4 members (excludes halogenated alkanes) is 1. The second-order valence-electron chi connectivity index (χ2n) is 6.08. The molecule has 0 saturated heterocycles. The van der Waals surface area contributed by atoms with Gasteiger partial charge in [-0.05, 0) is 36.1 Å². The Kier molecular flexibility index (Phi) is 5.32. The van der Waals surface area contributed by atoms with Crippen molar-refractivity contribution < 1.29 is 4.74 Å². The maximum absolute atomic E-state index is 6.68. The van der Waals surface area contributed by atoms with Gasteiger partial charge in [-0.25, -0.2) is 0 Å². The van der Waals surface area contributed by atoms with Gasteiger partial charge >= 0.3 is 0 Å². The van der Waals surface area contributed by atoms with Crippen LogP contribution in [0.5, 0.6) is 5.75 Å². The molecule has 3 rings (SSSR count). The van der Waals surface area contributed by atoms with Gasteiger partial charge in [0.1, 0.15) is 5.75 Å². The fraction of sp³-hybridized carbons (Fsp3) is 0.217. The van der Waals surface area contributed by atoms with Crippen molar-refractivity contribution in [2.45, 2.75) is 31.8 Å². The summed E-state index contributed by atoms with van der Waals surface area (Å²) in [6, 6.07) is 31.3. The van der Waals surface area contributed by atoms with E-state index in [4.69, 9.17) is 4.74 Å². The monoisotopic (exact) mass is 316 g/mol. The lowest BCUT2D eigenvalue weighted by molar-refractivity contribution is 0.0973. The third-order valence-corrected chi connectivity index (χ3v) is 4.40. The maximum atomic E-state index is 6.68. The van der Waals surface area contributed by atoms with Gasteiger partial charge in [0.25, 0.3) is 0 Å². The van der Waals surface area contributed by atoms with Gasteiger partial charge in [0.05, 0.1) is 0 Å². The highest BCUT2D eigenvalue weighted by Crippen LogP contribution is 2.39. The highest BCUT2D eigenvalue weighted by molar-refractivity contribution is 5.39. The standard InChI is InChI=1S/C23H24O/c1-2-3-19-23(20-13-7-4-8-14-20,21-15-9-5-10-16-21)24-22-17-11-6-12-18-22/h4-18H,2-3,19H2,1H3. The molecule has 1 nitrogen and oxygen atoms in total. The largest absolute Gasteiger partial charge is 0.478 e. The van der Waals surface area contributed by atoms with E-state index >= 15 is 0 Å². The maximum Gasteiger partial charge on any atom is 0.159 e. The Labute approximate surface area is 144 Å². The van der Waals surface area contributed by atoms with Crippen LogP contribution < -0.4 is 4.74 Å². The molecule has 0 radical (unpaired) electrons. The average Bonchev–Trinajstić information content (AvgIpc) is 2.67. The molecule has 0 atom stereocenters. The number of rotatable bonds is 7. The smallest absolute Gasteiger partial charge is 0.159 e. The third kappa shape index (κ3) is 3.51. The fourth-order valence-corrected chi connectivity index (χ4v) is 3.15. The number of ether oxygens (including phenoxy) is 1. The lowest BCUT2D eigenvalue weighted by Gasteiger charge is -2.36. The molecule has 0 saturated carbocycles. The Morgan fingerprint density at radius 1 is 0.667 bits per heavy atom. The molecule has 0 bridgehead atoms. The summed E-state index contributed by atoms with van der Waals surface area (Å²) in [6.45, 7) is 2.23. The molecular formula is C23H24O. The Morgan fingerprint density at radius 3 is 1.58 bits per heavy atom. The molecule has 0 heterocycles. The first-order chi connectivity index (χ1) is 11.8. The zero-order chi connectivity index (χ0) is 16.7. The molecule has 3 aromatic rings. The number of hydrogen-bond donors (Lipinski definition) is 0. The molecule has 1 heteroatoms. The Morgan fingerprint density at radius 2 is 1.12 bits per heavy atom. The molecule has 0 aliphatic rings. The van der Waals surface area contributed by atoms with E-state index in [9.17, 15) is 0 Å². The minimum atomic E-state index is -0.458. The van der Waals surface area contributed by atoms with E-state index in [1.54, 1.807) is 0 Å². The Bertz CT molecular complexity index is 680. The van der Waals surface area contributed by atoms with Gasteiger partial charge in [-0.15, -0.1) is 0 Å². The first-order valence-electron chi connectivity index (χ1n) is 8.70. The van der Waals surface area contributed by atoms with Crippen molar-refractivity contribution >= 4 is 0 Å². The van der Waals surface area contributed by atoms with Gasteiger partial charge in [-0.3, -0.25) is 0 Å². The second-order valence-corrected chi connectivity index (χ2v) is 6.08. The van der Waals surface area contributed by atoms with Crippen LogP contribution in [0, 0.1) is 0 Å². The van der Waals surface area contributed by atoms with Crippen molar-refractivity contribution in [2.75, 3.05) is 0 Å². The van der Waals surface area contributed by atoms with Crippen molar-refractivity contribution in [3.63, 3.8) is 0 Å². The number of hydrogen-bond acceptors (Lipinski definition) is 1. The predicted octanol–water partition coefficient (Wildman–Crippen LogP) is 6.20. The summed E-state index contributed by atoms with van der Waals surface area (Å²) in [5.41, 5.74) is 1.95. The average molecular weight is 316 g/mol. The van der Waals surface area contributed by atoms with Crippen LogP contribution in [0.2, 0.25) is 0 Å². The summed E-state index contributed by atoms with van der Waals surface area (Å²) in [7, 11) is 0. The predicted molar refractivity (Wildman–Crippen MR) is 100 cm³/mol. The van der Waals surface area contributed by atoms with Gasteiger partial charge < -0.3 is 4.74 Å². The van der Waals surface area contributed by atoms with Crippen molar-refractivity contribution in [1.82, 2.24) is 0 Å². The minimum Gasteiger partial charge on any atom is -0.478 e. The van der Waals surface area contributed by atoms with Crippen LogP contribution in [0.15, 0.2) is 91.0 Å². The quantitative estimate of drug-likeness (QED) is 0.504. The summed E-state index contributed by atoms with van der Waals surface area (Å²) in [5.74, 6) is 0.904. The molecule has 0 fully saturated rings. The Hall–Kier alpha value is -2.54. The summed E-state index contributed by atoms with van der Waals surface area (Å²) in [5, 5.41) is 0. The molecule has 0 aliphatic heterocycles. The summed E-state index contributed by atoms with van der Waals surface area (Å²) < 4.78 is 6.68. The molecular weight excluding hydrogens is 292 g/mol. The van der Waals surface area contributed by atoms with E-state index in [0.717, 1.165) is 25.0 Å². The van der Waals surface area contributed by atoms with Crippen molar-refractivity contribution in [2.24, 2.45) is 0 Å². The zero-order valence-corrected chi connectivity index (χ0v) is 14.2. The van der Waals surface area contributed by atoms with Crippen LogP contribution in [0.4, 0.5) is 0 Å². The van der Waals surface area contributed by atoms with Crippen LogP contribution in [0.3, 0.4) is 0 Å². The minimum absolute atomic E-state index is 0.458. The summed E-state index contributed by atoms with van der Waals surface area (Å²) in [4.78, 5) is 0. The third-order valence-electron chi connectivity index (χ3n) is 4.40. The second kappa shape index (κ2) is 7.83. The molecule has 0 unspecified atom stereocenters. The highest BCUT2D eigenvalue weighted by Gasteiger charge is 2.36. The van der Waals surface area contributed by atoms with Crippen LogP contribution >= 0.6 is 0 Å². The lowest BCUT2D eigenvalue weighted by atomic mass is 9.82. The molecule has 0 aliphatic carbocycles. The van der Waals surface area contributed by atoms with Gasteiger partial charge in [-0.1, -0.05) is 92.2 Å². The number of benzene rings is 3. The summed E-state index contributed by atoms with van der Waals surface area (Å²) in [6.07, 6.45) is 3.20. The first kappa shape index (κ1) is 16.3. The van der Waals surface area contributed by atoms with E-state index < -0.39 is 5.60 Å². The van der Waals surface area contributed by atoms with Gasteiger partial charge in [0, 0.05) is 0 Å². The van der Waals surface area contributed by atoms with Crippen molar-refractivity contribution in [1.29, 1.82) is 0 Å². The molecule has 3 aromatic carbocycles. The first-order valence-corrected chi connectivity index (χ1v) is 8.70. The summed E-state index contributed by atoms with van der Waals surface area (Å²) >= 11 is 0. The van der Waals surface area contributed by atoms with E-state index in [2.05, 4.69) is 67.6 Å². The van der Waals surface area contributed by atoms with Gasteiger partial charge in [-0.2, -0.15) is 0 Å². The van der Waals surface area contributed by atoms with Crippen LogP contribution in [-0.4, -0.2) is 0 Å². The topological polar surface area (TPSA) is 9.23 Å². The molecule has 0 N–H and O–H groups in total. The van der Waals surface area contributed by atoms with Crippen LogP contribution in [0.1, 0.15) is 37.3 Å². The lowest BCUT2D eigenvalue weighted by Crippen LogP contribution is -2.34. The molecule has 0 spiro atoms. The number of para-hydroxylation sites is 1. The van der Waals surface area contributed by atoms with Crippen LogP contribution in [-0.2, 0) is 5.60 Å². The van der Waals surface area contributed by atoms with Gasteiger partial charge in [0.2, 0.25) is 0 Å². The van der Waals surface area contributed by atoms with E-state index in [1.165, 1.54) is 11.1 Å². The van der Waals surface area contributed by atoms with E-state index in [1.807, 2.05) is 30.3 Å². The highest BCUT2D eigenvalue weighted by atomic mass is 16.5. The Balaban J connectivity index is 2.12. The molecule has 0 amide bonds. The van der Waals surface area contributed by atoms with Gasteiger partial charge in [0.15, 0.2) is 5.60 Å². The van der Waals surface area contributed by atoms with Crippen molar-refractivity contribution in [3.8, 4) is 5.75 Å².